The Hall–Kier alpha value is -5.49. The van der Waals surface area contributed by atoms with Crippen LogP contribution in [-0.4, -0.2) is 29.0 Å². The van der Waals surface area contributed by atoms with E-state index in [4.69, 9.17) is 4.74 Å². The Balaban J connectivity index is 1.08. The normalized spacial score (nSPS) is 29.4. The molecule has 7 nitrogen and oxygen atoms in total. The van der Waals surface area contributed by atoms with E-state index in [-0.39, 0.29) is 58.4 Å². The summed E-state index contributed by atoms with van der Waals surface area (Å²) in [4.78, 5) is 2.64. The van der Waals surface area contributed by atoms with E-state index in [1.165, 1.54) is 66.8 Å². The first-order chi connectivity index (χ1) is 36.0. The van der Waals surface area contributed by atoms with Crippen LogP contribution in [0.25, 0.3) is 22.7 Å². The van der Waals surface area contributed by atoms with Crippen molar-refractivity contribution >= 4 is 22.7 Å². The minimum atomic E-state index is -0.337. The Morgan fingerprint density at radius 1 is 0.684 bits per heavy atom. The van der Waals surface area contributed by atoms with Gasteiger partial charge < -0.3 is 14.2 Å². The van der Waals surface area contributed by atoms with Gasteiger partial charge in [0.1, 0.15) is 6.07 Å². The first-order valence-corrected chi connectivity index (χ1v) is 29.0. The van der Waals surface area contributed by atoms with Gasteiger partial charge in [-0.05, 0) is 125 Å². The Kier molecular flexibility index (Phi) is 12.5. The highest BCUT2D eigenvalue weighted by Crippen LogP contribution is 2.54. The van der Waals surface area contributed by atoms with Crippen LogP contribution in [-0.2, 0) is 16.6 Å². The van der Waals surface area contributed by atoms with Crippen molar-refractivity contribution in [1.82, 2.24) is 20.5 Å². The fraction of sp³-hybridized carbons (Fsp3) is 0.493. The lowest BCUT2D eigenvalue weighted by Crippen LogP contribution is -2.59. The highest BCUT2D eigenvalue weighted by Gasteiger charge is 2.48. The fourth-order valence-corrected chi connectivity index (χ4v) is 14.5. The maximum atomic E-state index is 11.8. The molecule has 3 aromatic carbocycles. The molecule has 0 radical (unpaired) electrons. The molecule has 10 unspecified atom stereocenters. The van der Waals surface area contributed by atoms with Crippen LogP contribution in [0.2, 0.25) is 0 Å². The van der Waals surface area contributed by atoms with Crippen molar-refractivity contribution in [3.05, 3.63) is 170 Å². The molecular weight excluding hydrogens is 929 g/mol. The van der Waals surface area contributed by atoms with Crippen LogP contribution in [0, 0.1) is 51.2 Å². The number of allylic oxidation sites excluding steroid dienone is 6. The van der Waals surface area contributed by atoms with Crippen molar-refractivity contribution in [2.75, 3.05) is 4.90 Å². The van der Waals surface area contributed by atoms with Crippen molar-refractivity contribution in [3.8, 4) is 11.8 Å². The summed E-state index contributed by atoms with van der Waals surface area (Å²) in [5.41, 5.74) is 19.2. The third-order valence-corrected chi connectivity index (χ3v) is 19.0. The molecule has 7 heteroatoms. The summed E-state index contributed by atoms with van der Waals surface area (Å²) in [6.07, 6.45) is 26.3. The second kappa shape index (κ2) is 18.6. The maximum Gasteiger partial charge on any atom is 0.101 e. The van der Waals surface area contributed by atoms with Crippen molar-refractivity contribution in [3.63, 3.8) is 0 Å². The second-order valence-corrected chi connectivity index (χ2v) is 28.0. The summed E-state index contributed by atoms with van der Waals surface area (Å²) in [5, 5.41) is 25.4. The van der Waals surface area contributed by atoms with Crippen LogP contribution in [0.4, 0.5) is 5.69 Å². The highest BCUT2D eigenvalue weighted by atomic mass is 16.5. The smallest absolute Gasteiger partial charge is 0.101 e. The van der Waals surface area contributed by atoms with Gasteiger partial charge in [-0.25, -0.2) is 0 Å². The van der Waals surface area contributed by atoms with Crippen LogP contribution >= 0.6 is 0 Å². The minimum absolute atomic E-state index is 0.0231. The minimum Gasteiger partial charge on any atom is -0.369 e. The molecule has 5 aliphatic carbocycles. The molecule has 12 rings (SSSR count). The van der Waals surface area contributed by atoms with Gasteiger partial charge in [0.2, 0.25) is 0 Å². The van der Waals surface area contributed by atoms with Gasteiger partial charge in [-0.3, -0.25) is 16.0 Å². The van der Waals surface area contributed by atoms with E-state index in [9.17, 15) is 5.26 Å². The SMILES string of the molecule is CC1C=CCC2C3=CC(C4NC(c5ccccc5)NC(c5cc(C#N)c(N6C7=C(C=C(C(C)(C)C)CC7)C7CC(C(C)(C)C)C=CC76)cc5-n5c6c(c7cc(C(C)(C)C)ccc75)C=C(C(C)(C)C)CC6)N4)=CCC3OC12. The molecule has 76 heavy (non-hydrogen) atoms. The number of fused-ring (bicyclic) bond motifs is 8. The van der Waals surface area contributed by atoms with Crippen molar-refractivity contribution in [1.29, 1.82) is 5.26 Å². The monoisotopic (exact) mass is 1010 g/mol. The predicted octanol–water partition coefficient (Wildman–Crippen LogP) is 15.7. The lowest BCUT2D eigenvalue weighted by atomic mass is 9.69. The molecule has 2 saturated heterocycles. The summed E-state index contributed by atoms with van der Waals surface area (Å²) in [6.45, 7) is 30.7. The zero-order chi connectivity index (χ0) is 53.4. The number of ether oxygens (including phenoxy) is 1. The van der Waals surface area contributed by atoms with Gasteiger partial charge in [0, 0.05) is 45.7 Å². The van der Waals surface area contributed by atoms with Crippen LogP contribution in [0.5, 0.6) is 0 Å². The molecular formula is C69H84N6O. The molecule has 10 atom stereocenters. The quantitative estimate of drug-likeness (QED) is 0.173. The average molecular weight is 1010 g/mol. The molecule has 2 fully saturated rings. The zero-order valence-corrected chi connectivity index (χ0v) is 47.9. The summed E-state index contributed by atoms with van der Waals surface area (Å²) < 4.78 is 9.43. The molecule has 0 saturated carbocycles. The van der Waals surface area contributed by atoms with Crippen LogP contribution in [0.1, 0.15) is 174 Å². The third kappa shape index (κ3) is 8.88. The van der Waals surface area contributed by atoms with Crippen molar-refractivity contribution in [2.24, 2.45) is 39.9 Å². The standard InChI is InChI=1S/C69H84N6O/c1-40-18-17-21-48-53-32-42(22-31-61(53)76-62(40)48)64-71-63(41-19-15-14-16-20-41)72-65(73-64)54-33-43(39-70)59(74-55-27-23-44(66(2,3)4)34-49(55)50-35-45(67(5,6)7)24-28-56(50)74)38-60(54)75-57-29-25-46(68(8,9)10)36-51(57)52-37-47(69(11,12)13)26-30-58(52)75/h14-20,22-23,25,27,29,32-33,35-38,40,44,48-49,55,61-65,71-73H,21,24,26,28,30-31,34H2,1-13H3. The van der Waals surface area contributed by atoms with Crippen LogP contribution in [0.15, 0.2) is 137 Å². The fourth-order valence-electron chi connectivity index (χ4n) is 14.5. The van der Waals surface area contributed by atoms with Gasteiger partial charge in [-0.1, -0.05) is 186 Å². The van der Waals surface area contributed by atoms with Crippen LogP contribution < -0.4 is 20.9 Å². The number of aromatic nitrogens is 1. The molecule has 396 valence electrons. The highest BCUT2D eigenvalue weighted by molar-refractivity contribution is 5.95. The molecule has 0 bridgehead atoms. The number of nitrogens with zero attached hydrogens (tertiary/aromatic N) is 3. The molecule has 3 aliphatic heterocycles. The van der Waals surface area contributed by atoms with Gasteiger partial charge in [0.25, 0.3) is 0 Å². The molecule has 0 spiro atoms. The van der Waals surface area contributed by atoms with Gasteiger partial charge >= 0.3 is 0 Å². The summed E-state index contributed by atoms with van der Waals surface area (Å²) in [7, 11) is 0. The van der Waals surface area contributed by atoms with E-state index < -0.39 is 0 Å². The largest absolute Gasteiger partial charge is 0.369 e. The van der Waals surface area contributed by atoms with E-state index in [0.29, 0.717) is 29.2 Å². The summed E-state index contributed by atoms with van der Waals surface area (Å²) >= 11 is 0. The second-order valence-electron chi connectivity index (χ2n) is 28.0. The number of nitriles is 1. The number of anilines is 1. The van der Waals surface area contributed by atoms with E-state index in [2.05, 4.69) is 231 Å². The van der Waals surface area contributed by atoms with Crippen molar-refractivity contribution < 1.29 is 4.74 Å². The lowest BCUT2D eigenvalue weighted by molar-refractivity contribution is 0.0148. The van der Waals surface area contributed by atoms with Gasteiger partial charge in [-0.15, -0.1) is 0 Å². The first kappa shape index (κ1) is 51.3. The van der Waals surface area contributed by atoms with Gasteiger partial charge in [-0.2, -0.15) is 5.26 Å². The van der Waals surface area contributed by atoms with Crippen LogP contribution in [0.3, 0.4) is 0 Å². The topological polar surface area (TPSA) is 77.3 Å². The maximum absolute atomic E-state index is 11.8. The zero-order valence-electron chi connectivity index (χ0n) is 47.9. The van der Waals surface area contributed by atoms with E-state index in [1.54, 1.807) is 0 Å². The predicted molar refractivity (Wildman–Crippen MR) is 314 cm³/mol. The molecule has 0 amide bonds. The lowest BCUT2D eigenvalue weighted by Gasteiger charge is -2.42. The Bertz CT molecular complexity index is 3260. The van der Waals surface area contributed by atoms with E-state index >= 15 is 0 Å². The summed E-state index contributed by atoms with van der Waals surface area (Å²) in [5.74, 6) is 1.59. The first-order valence-electron chi connectivity index (χ1n) is 29.0. The van der Waals surface area contributed by atoms with E-state index in [1.807, 2.05) is 0 Å². The number of benzene rings is 3. The molecule has 4 aromatic rings. The number of nitrogens with one attached hydrogen (secondary N) is 3. The number of hydrogen-bond acceptors (Lipinski definition) is 6. The molecule has 3 N–H and O–H groups in total. The third-order valence-electron chi connectivity index (χ3n) is 19.0. The average Bonchev–Trinajstić information content (AvgIpc) is 4.04. The van der Waals surface area contributed by atoms with E-state index in [0.717, 1.165) is 61.9 Å². The van der Waals surface area contributed by atoms with Crippen molar-refractivity contribution in [2.45, 2.75) is 177 Å². The number of rotatable bonds is 5. The Morgan fingerprint density at radius 3 is 2.13 bits per heavy atom. The number of hydrogen-bond donors (Lipinski definition) is 3. The molecule has 4 heterocycles. The van der Waals surface area contributed by atoms with Gasteiger partial charge in [0.05, 0.1) is 59.2 Å². The Morgan fingerprint density at radius 2 is 1.41 bits per heavy atom. The van der Waals surface area contributed by atoms with Gasteiger partial charge in [0.15, 0.2) is 0 Å². The Labute approximate surface area is 455 Å². The summed E-state index contributed by atoms with van der Waals surface area (Å²) in [6, 6.07) is 25.8. The molecule has 1 aromatic heterocycles. The molecule has 8 aliphatic rings.